The summed E-state index contributed by atoms with van der Waals surface area (Å²) in [6.07, 6.45) is 5.45. The zero-order valence-electron chi connectivity index (χ0n) is 16.8. The van der Waals surface area contributed by atoms with E-state index in [9.17, 15) is 13.6 Å². The van der Waals surface area contributed by atoms with Crippen molar-refractivity contribution in [3.05, 3.63) is 47.8 Å². The molecule has 5 nitrogen and oxygen atoms in total. The Labute approximate surface area is 187 Å². The Bertz CT molecular complexity index is 851. The SMILES string of the molecule is CCn1cc(NC(=O)c2cccc([C@@H]3C[C@H]3NC3CCC(F)(F)CC3)c2)cn1.Cl.Cl. The summed E-state index contributed by atoms with van der Waals surface area (Å²) in [7, 11) is 0. The molecule has 0 bridgehead atoms. The van der Waals surface area contributed by atoms with Crippen molar-refractivity contribution < 1.29 is 13.6 Å². The number of amides is 1. The lowest BCUT2D eigenvalue weighted by atomic mass is 9.92. The molecule has 2 atom stereocenters. The van der Waals surface area contributed by atoms with Gasteiger partial charge in [-0.05, 0) is 43.9 Å². The van der Waals surface area contributed by atoms with Crippen LogP contribution in [0, 0.1) is 0 Å². The Morgan fingerprint density at radius 2 is 2.00 bits per heavy atom. The highest BCUT2D eigenvalue weighted by molar-refractivity contribution is 6.04. The summed E-state index contributed by atoms with van der Waals surface area (Å²) in [5.41, 5.74) is 2.41. The maximum atomic E-state index is 13.3. The predicted molar refractivity (Wildman–Crippen MR) is 118 cm³/mol. The number of aromatic nitrogens is 2. The lowest BCUT2D eigenvalue weighted by Gasteiger charge is -2.29. The van der Waals surface area contributed by atoms with E-state index in [1.165, 1.54) is 0 Å². The Morgan fingerprint density at radius 1 is 1.27 bits per heavy atom. The van der Waals surface area contributed by atoms with Crippen LogP contribution in [0.15, 0.2) is 36.7 Å². The zero-order valence-corrected chi connectivity index (χ0v) is 18.4. The smallest absolute Gasteiger partial charge is 0.255 e. The molecule has 1 amide bonds. The van der Waals surface area contributed by atoms with Crippen molar-refractivity contribution in [3.63, 3.8) is 0 Å². The third kappa shape index (κ3) is 5.93. The molecule has 166 valence electrons. The quantitative estimate of drug-likeness (QED) is 0.635. The third-order valence-electron chi connectivity index (χ3n) is 5.75. The topological polar surface area (TPSA) is 59.0 Å². The minimum Gasteiger partial charge on any atom is -0.319 e. The molecule has 2 aromatic rings. The summed E-state index contributed by atoms with van der Waals surface area (Å²) in [6, 6.07) is 8.16. The van der Waals surface area contributed by atoms with Crippen LogP contribution in [0.2, 0.25) is 0 Å². The highest BCUT2D eigenvalue weighted by atomic mass is 35.5. The molecule has 2 aliphatic rings. The summed E-state index contributed by atoms with van der Waals surface area (Å²) in [5, 5.41) is 10.6. The van der Waals surface area contributed by atoms with Gasteiger partial charge in [0.05, 0.1) is 11.9 Å². The number of nitrogens with one attached hydrogen (secondary N) is 2. The van der Waals surface area contributed by atoms with Gasteiger partial charge in [0.2, 0.25) is 5.92 Å². The first kappa shape index (κ1) is 24.6. The van der Waals surface area contributed by atoms with Gasteiger partial charge in [0.15, 0.2) is 0 Å². The maximum Gasteiger partial charge on any atom is 0.255 e. The van der Waals surface area contributed by atoms with E-state index in [0.29, 0.717) is 36.1 Å². The molecule has 9 heteroatoms. The maximum absolute atomic E-state index is 13.3. The second-order valence-corrected chi connectivity index (χ2v) is 7.91. The van der Waals surface area contributed by atoms with Gasteiger partial charge in [-0.1, -0.05) is 12.1 Å². The van der Waals surface area contributed by atoms with Crippen molar-refractivity contribution in [1.29, 1.82) is 0 Å². The van der Waals surface area contributed by atoms with Crippen molar-refractivity contribution in [1.82, 2.24) is 15.1 Å². The van der Waals surface area contributed by atoms with Crippen LogP contribution >= 0.6 is 24.8 Å². The molecule has 2 aliphatic carbocycles. The normalized spacial score (nSPS) is 22.5. The average Bonchev–Trinajstić information content (AvgIpc) is 3.31. The first-order valence-electron chi connectivity index (χ1n) is 10.0. The summed E-state index contributed by atoms with van der Waals surface area (Å²) < 4.78 is 28.4. The van der Waals surface area contributed by atoms with E-state index in [2.05, 4.69) is 15.7 Å². The fraction of sp³-hybridized carbons (Fsp3) is 0.524. The van der Waals surface area contributed by atoms with Crippen molar-refractivity contribution in [3.8, 4) is 0 Å². The molecule has 2 N–H and O–H groups in total. The van der Waals surface area contributed by atoms with Gasteiger partial charge in [0.25, 0.3) is 5.91 Å². The van der Waals surface area contributed by atoms with E-state index < -0.39 is 5.92 Å². The van der Waals surface area contributed by atoms with Crippen LogP contribution in [-0.4, -0.2) is 33.7 Å². The molecule has 2 saturated carbocycles. The first-order valence-corrected chi connectivity index (χ1v) is 10.0. The van der Waals surface area contributed by atoms with Crippen LogP contribution in [0.3, 0.4) is 0 Å². The van der Waals surface area contributed by atoms with Crippen molar-refractivity contribution in [2.75, 3.05) is 5.32 Å². The summed E-state index contributed by atoms with van der Waals surface area (Å²) in [4.78, 5) is 12.5. The number of halogens is 4. The summed E-state index contributed by atoms with van der Waals surface area (Å²) in [5.74, 6) is -2.30. The minimum atomic E-state index is -2.49. The molecule has 0 radical (unpaired) electrons. The first-order chi connectivity index (χ1) is 13.4. The standard InChI is InChI=1S/C21H26F2N4O.2ClH/c1-2-27-13-17(12-24-27)26-20(28)15-5-3-4-14(10-15)18-11-19(18)25-16-6-8-21(22,23)9-7-16;;/h3-5,10,12-13,16,18-19,25H,2,6-9,11H2,1H3,(H,26,28);2*1H/t18-,19+;;/m0../s1. The molecule has 1 aromatic carbocycles. The van der Waals surface area contributed by atoms with Gasteiger partial charge >= 0.3 is 0 Å². The number of rotatable bonds is 6. The zero-order chi connectivity index (χ0) is 19.7. The summed E-state index contributed by atoms with van der Waals surface area (Å²) >= 11 is 0. The lowest BCUT2D eigenvalue weighted by Crippen LogP contribution is -2.38. The van der Waals surface area contributed by atoms with Crippen molar-refractivity contribution in [2.45, 2.75) is 69.5 Å². The van der Waals surface area contributed by atoms with Crippen LogP contribution in [0.5, 0.6) is 0 Å². The number of alkyl halides is 2. The molecular formula is C21H28Cl2F2N4O. The van der Waals surface area contributed by atoms with Crippen molar-refractivity contribution >= 4 is 36.4 Å². The summed E-state index contributed by atoms with van der Waals surface area (Å²) in [6.45, 7) is 2.74. The number of anilines is 1. The number of aryl methyl sites for hydroxylation is 1. The van der Waals surface area contributed by atoms with Gasteiger partial charge < -0.3 is 10.6 Å². The Kier molecular flexibility index (Phi) is 8.25. The fourth-order valence-electron chi connectivity index (χ4n) is 3.97. The molecule has 0 unspecified atom stereocenters. The Balaban J connectivity index is 0.00000160. The second-order valence-electron chi connectivity index (χ2n) is 7.91. The molecule has 30 heavy (non-hydrogen) atoms. The van der Waals surface area contributed by atoms with E-state index in [-0.39, 0.29) is 49.6 Å². The molecule has 0 saturated heterocycles. The van der Waals surface area contributed by atoms with Gasteiger partial charge in [-0.15, -0.1) is 24.8 Å². The number of nitrogens with zero attached hydrogens (tertiary/aromatic N) is 2. The van der Waals surface area contributed by atoms with Gasteiger partial charge in [-0.25, -0.2) is 8.78 Å². The largest absolute Gasteiger partial charge is 0.319 e. The highest BCUT2D eigenvalue weighted by Gasteiger charge is 2.42. The number of carbonyl (C=O) groups is 1. The van der Waals surface area contributed by atoms with Crippen LogP contribution in [0.4, 0.5) is 14.5 Å². The van der Waals surface area contributed by atoms with Gasteiger partial charge in [-0.2, -0.15) is 5.10 Å². The number of benzene rings is 1. The molecule has 0 spiro atoms. The van der Waals surface area contributed by atoms with Crippen molar-refractivity contribution in [2.24, 2.45) is 0 Å². The van der Waals surface area contributed by atoms with E-state index >= 15 is 0 Å². The number of hydrogen-bond acceptors (Lipinski definition) is 3. The van der Waals surface area contributed by atoms with Gasteiger partial charge in [0.1, 0.15) is 0 Å². The van der Waals surface area contributed by atoms with E-state index in [1.807, 2.05) is 25.1 Å². The predicted octanol–water partition coefficient (Wildman–Crippen LogP) is 5.02. The minimum absolute atomic E-state index is 0. The van der Waals surface area contributed by atoms with Crippen LogP contribution < -0.4 is 10.6 Å². The van der Waals surface area contributed by atoms with Crippen LogP contribution in [0.25, 0.3) is 0 Å². The third-order valence-corrected chi connectivity index (χ3v) is 5.75. The highest BCUT2D eigenvalue weighted by Crippen LogP contribution is 2.43. The van der Waals surface area contributed by atoms with E-state index in [4.69, 9.17) is 0 Å². The monoisotopic (exact) mass is 460 g/mol. The van der Waals surface area contributed by atoms with E-state index in [1.54, 1.807) is 23.1 Å². The average molecular weight is 461 g/mol. The Morgan fingerprint density at radius 3 is 2.67 bits per heavy atom. The van der Waals surface area contributed by atoms with Crippen LogP contribution in [0.1, 0.15) is 60.9 Å². The Hall–Kier alpha value is -1.70. The molecule has 2 fully saturated rings. The van der Waals surface area contributed by atoms with E-state index in [0.717, 1.165) is 18.5 Å². The second kappa shape index (κ2) is 10.1. The number of hydrogen-bond donors (Lipinski definition) is 2. The van der Waals surface area contributed by atoms with Crippen LogP contribution in [-0.2, 0) is 6.54 Å². The molecular weight excluding hydrogens is 433 g/mol. The molecule has 4 rings (SSSR count). The van der Waals surface area contributed by atoms with Gasteiger partial charge in [0, 0.05) is 49.1 Å². The molecule has 1 heterocycles. The van der Waals surface area contributed by atoms with Gasteiger partial charge in [-0.3, -0.25) is 9.48 Å². The molecule has 1 aromatic heterocycles. The fourth-order valence-corrected chi connectivity index (χ4v) is 3.97. The molecule has 0 aliphatic heterocycles. The number of carbonyl (C=O) groups excluding carboxylic acids is 1. The lowest BCUT2D eigenvalue weighted by molar-refractivity contribution is -0.0405.